The number of β-amino-alcohol motifs (C(OH)–C–C–N with tert-alkyl or cyclic N) is 1. The van der Waals surface area contributed by atoms with Gasteiger partial charge in [0.1, 0.15) is 17.6 Å². The molecule has 6 amide bonds. The van der Waals surface area contributed by atoms with E-state index in [2.05, 4.69) is 21.3 Å². The molecule has 0 aromatic rings. The maximum atomic E-state index is 14.0. The van der Waals surface area contributed by atoms with Gasteiger partial charge in [-0.25, -0.2) is 0 Å². The Morgan fingerprint density at radius 1 is 0.723 bits per heavy atom. The summed E-state index contributed by atoms with van der Waals surface area (Å²) in [6.45, 7) is 11.9. The van der Waals surface area contributed by atoms with Gasteiger partial charge in [0.15, 0.2) is 17.3 Å². The number of carbonyl (C=O) groups is 11. The minimum atomic E-state index is -1.28. The lowest BCUT2D eigenvalue weighted by molar-refractivity contribution is -0.143. The summed E-state index contributed by atoms with van der Waals surface area (Å²) >= 11 is 0. The molecule has 3 aliphatic heterocycles. The number of nitrogens with one attached hydrogen (secondary N) is 4. The van der Waals surface area contributed by atoms with E-state index in [9.17, 15) is 57.8 Å². The SMILES string of the molecule is CC(=O)C[C@H](CC(=O)[C@H](CCC(N)=O)NC(=O)CCC(=O)[C@@H]1C[C@@H](O)CN1)C(=O)N[C@H](C(=O)C[C@@H](CC(C)C)C(=O)N[C@@H](C)C(=O)CCC(=O)N1CCC[C@H]1C(=O)N1CCCC1)C(C)C. The Morgan fingerprint density at radius 3 is 1.95 bits per heavy atom. The van der Waals surface area contributed by atoms with Crippen LogP contribution in [0.5, 0.6) is 0 Å². The molecule has 7 N–H and O–H groups in total. The van der Waals surface area contributed by atoms with Gasteiger partial charge < -0.3 is 46.7 Å². The van der Waals surface area contributed by atoms with Crippen LogP contribution in [-0.2, 0) is 52.7 Å². The van der Waals surface area contributed by atoms with Gasteiger partial charge >= 0.3 is 0 Å². The summed E-state index contributed by atoms with van der Waals surface area (Å²) in [5.41, 5.74) is 5.32. The fourth-order valence-corrected chi connectivity index (χ4v) is 8.81. The smallest absolute Gasteiger partial charge is 0.245 e. The van der Waals surface area contributed by atoms with Crippen LogP contribution < -0.4 is 27.0 Å². The van der Waals surface area contributed by atoms with Crippen LogP contribution in [-0.4, -0.2) is 142 Å². The number of carbonyl (C=O) groups excluding carboxylic acids is 11. The summed E-state index contributed by atoms with van der Waals surface area (Å²) in [5, 5.41) is 20.5. The maximum Gasteiger partial charge on any atom is 0.245 e. The molecule has 3 saturated heterocycles. The molecule has 0 saturated carbocycles. The zero-order valence-corrected chi connectivity index (χ0v) is 39.1. The van der Waals surface area contributed by atoms with Crippen LogP contribution in [0.3, 0.4) is 0 Å². The molecule has 3 heterocycles. The molecule has 0 aromatic carbocycles. The molecule has 0 spiro atoms. The van der Waals surface area contributed by atoms with Gasteiger partial charge in [0, 0.05) is 83.5 Å². The number of rotatable bonds is 28. The van der Waals surface area contributed by atoms with Gasteiger partial charge in [-0.1, -0.05) is 27.7 Å². The van der Waals surface area contributed by atoms with Gasteiger partial charge in [-0.15, -0.1) is 0 Å². The van der Waals surface area contributed by atoms with Crippen LogP contribution in [0.1, 0.15) is 138 Å². The van der Waals surface area contributed by atoms with Crippen molar-refractivity contribution in [1.29, 1.82) is 0 Å². The number of hydrogen-bond donors (Lipinski definition) is 6. The van der Waals surface area contributed by atoms with Crippen molar-refractivity contribution < 1.29 is 57.8 Å². The summed E-state index contributed by atoms with van der Waals surface area (Å²) in [6.07, 6.45) is 0.549. The van der Waals surface area contributed by atoms with E-state index in [1.165, 1.54) is 13.8 Å². The molecule has 364 valence electrons. The molecule has 8 atom stereocenters. The Bertz CT molecular complexity index is 1760. The summed E-state index contributed by atoms with van der Waals surface area (Å²) in [7, 11) is 0. The molecule has 0 unspecified atom stereocenters. The topological polar surface area (TPSA) is 289 Å². The van der Waals surface area contributed by atoms with Gasteiger partial charge in [0.2, 0.25) is 35.4 Å². The lowest BCUT2D eigenvalue weighted by atomic mass is 9.86. The highest BCUT2D eigenvalue weighted by atomic mass is 16.3. The number of amides is 6. The standard InChI is InChI=1S/C46H73N7O12/c1-26(2)20-30(44(63)49-29(6)36(56)13-16-42(62)53-19-9-10-35(53)46(65)52-17-7-8-18-52)23-39(59)43(27(3)4)51-45(64)31(21-28(5)54)22-38(58)33(11-14-40(47)60)50-41(61)15-12-37(57)34-24-32(55)25-48-34/h26-27,29-35,43,48,55H,7-25H2,1-6H3,(H2,47,60)(H,49,63)(H,50,61)(H,51,64)/t29-,30+,31+,32+,33-,34-,35-,43-/m0/s1. The third-order valence-corrected chi connectivity index (χ3v) is 12.4. The molecule has 0 bridgehead atoms. The van der Waals surface area contributed by atoms with Crippen molar-refractivity contribution in [3.05, 3.63) is 0 Å². The number of aliphatic hydroxyl groups is 1. The van der Waals surface area contributed by atoms with Crippen molar-refractivity contribution in [2.75, 3.05) is 26.2 Å². The van der Waals surface area contributed by atoms with Crippen molar-refractivity contribution in [3.63, 3.8) is 0 Å². The van der Waals surface area contributed by atoms with Gasteiger partial charge in [0.25, 0.3) is 0 Å². The van der Waals surface area contributed by atoms with E-state index in [-0.39, 0.29) is 100 Å². The normalized spacial score (nSPS) is 20.7. The predicted octanol–water partition coefficient (Wildman–Crippen LogP) is 0.593. The number of ketones is 5. The van der Waals surface area contributed by atoms with Crippen molar-refractivity contribution in [2.24, 2.45) is 29.4 Å². The Balaban J connectivity index is 1.63. The third-order valence-electron chi connectivity index (χ3n) is 12.4. The van der Waals surface area contributed by atoms with E-state index in [0.29, 0.717) is 32.5 Å². The lowest BCUT2D eigenvalue weighted by Crippen LogP contribution is -2.50. The van der Waals surface area contributed by atoms with Crippen molar-refractivity contribution in [1.82, 2.24) is 31.1 Å². The Hall–Kier alpha value is -4.91. The number of primary amides is 1. The molecule has 0 radical (unpaired) electrons. The van der Waals surface area contributed by atoms with Crippen molar-refractivity contribution >= 4 is 64.4 Å². The van der Waals surface area contributed by atoms with E-state index in [0.717, 1.165) is 12.8 Å². The zero-order valence-electron chi connectivity index (χ0n) is 39.1. The zero-order chi connectivity index (χ0) is 48.5. The second kappa shape index (κ2) is 26.3. The Kier molecular flexibility index (Phi) is 22.0. The van der Waals surface area contributed by atoms with Crippen LogP contribution >= 0.6 is 0 Å². The number of nitrogens with zero attached hydrogens (tertiary/aromatic N) is 2. The molecule has 3 rings (SSSR count). The number of aliphatic hydroxyl groups excluding tert-OH is 1. The molecule has 0 aliphatic carbocycles. The maximum absolute atomic E-state index is 14.0. The van der Waals surface area contributed by atoms with Crippen LogP contribution in [0.15, 0.2) is 0 Å². The second-order valence-corrected chi connectivity index (χ2v) is 18.9. The van der Waals surface area contributed by atoms with Crippen LogP contribution in [0.25, 0.3) is 0 Å². The Morgan fingerprint density at radius 2 is 1.37 bits per heavy atom. The van der Waals surface area contributed by atoms with Crippen molar-refractivity contribution in [3.8, 4) is 0 Å². The number of nitrogens with two attached hydrogens (primary N) is 1. The van der Waals surface area contributed by atoms with Gasteiger partial charge in [-0.05, 0) is 70.6 Å². The minimum Gasteiger partial charge on any atom is -0.392 e. The molecule has 65 heavy (non-hydrogen) atoms. The molecule has 3 aliphatic rings. The molecule has 19 heteroatoms. The Labute approximate surface area is 382 Å². The first-order valence-corrected chi connectivity index (χ1v) is 23.4. The summed E-state index contributed by atoms with van der Waals surface area (Å²) < 4.78 is 0. The van der Waals surface area contributed by atoms with Gasteiger partial charge in [-0.2, -0.15) is 0 Å². The monoisotopic (exact) mass is 916 g/mol. The van der Waals surface area contributed by atoms with Crippen LogP contribution in [0.4, 0.5) is 0 Å². The van der Waals surface area contributed by atoms with E-state index >= 15 is 0 Å². The van der Waals surface area contributed by atoms with E-state index in [1.54, 1.807) is 23.6 Å². The average Bonchev–Trinajstić information content (AvgIpc) is 4.04. The fourth-order valence-electron chi connectivity index (χ4n) is 8.81. The second-order valence-electron chi connectivity index (χ2n) is 18.9. The summed E-state index contributed by atoms with van der Waals surface area (Å²) in [5.74, 6) is -8.03. The highest BCUT2D eigenvalue weighted by molar-refractivity contribution is 5.98. The lowest BCUT2D eigenvalue weighted by Gasteiger charge is -2.28. The highest BCUT2D eigenvalue weighted by Crippen LogP contribution is 2.24. The van der Waals surface area contributed by atoms with E-state index in [1.807, 2.05) is 13.8 Å². The molecular weight excluding hydrogens is 843 g/mol. The third kappa shape index (κ3) is 17.8. The van der Waals surface area contributed by atoms with E-state index in [4.69, 9.17) is 5.73 Å². The van der Waals surface area contributed by atoms with Gasteiger partial charge in [0.05, 0.1) is 36.2 Å². The fraction of sp³-hybridized carbons (Fsp3) is 0.761. The summed E-state index contributed by atoms with van der Waals surface area (Å²) in [6, 6.07) is -4.52. The highest BCUT2D eigenvalue weighted by Gasteiger charge is 2.38. The number of hydrogen-bond acceptors (Lipinski definition) is 13. The summed E-state index contributed by atoms with van der Waals surface area (Å²) in [4.78, 5) is 147. The quantitative estimate of drug-likeness (QED) is 0.0628. The molecule has 3 fully saturated rings. The van der Waals surface area contributed by atoms with Gasteiger partial charge in [-0.3, -0.25) is 47.9 Å². The first-order chi connectivity index (χ1) is 30.6. The average molecular weight is 916 g/mol. The predicted molar refractivity (Wildman–Crippen MR) is 237 cm³/mol. The molecular formula is C46H73N7O12. The first kappa shape index (κ1) is 54.4. The van der Waals surface area contributed by atoms with Crippen LogP contribution in [0.2, 0.25) is 0 Å². The minimum absolute atomic E-state index is 0.0428. The number of Topliss-reactive ketones (excluding diaryl/α,β-unsaturated/α-hetero) is 5. The first-order valence-electron chi connectivity index (χ1n) is 23.4. The number of likely N-dealkylation sites (tertiary alicyclic amines) is 2. The molecule has 19 nitrogen and oxygen atoms in total. The largest absolute Gasteiger partial charge is 0.392 e. The molecule has 0 aromatic heterocycles. The van der Waals surface area contributed by atoms with Crippen LogP contribution in [0, 0.1) is 23.7 Å². The van der Waals surface area contributed by atoms with Crippen molar-refractivity contribution in [2.45, 2.75) is 174 Å². The van der Waals surface area contributed by atoms with E-state index < -0.39 is 101 Å².